The van der Waals surface area contributed by atoms with Crippen LogP contribution in [0.2, 0.25) is 0 Å². The fraction of sp³-hybridized carbons (Fsp3) is 0.219. The summed E-state index contributed by atoms with van der Waals surface area (Å²) in [7, 11) is 1.67. The van der Waals surface area contributed by atoms with Crippen LogP contribution in [0.1, 0.15) is 36.1 Å². The maximum absolute atomic E-state index is 13.3. The summed E-state index contributed by atoms with van der Waals surface area (Å²) in [5.74, 6) is 0.834. The third-order valence-corrected chi connectivity index (χ3v) is 6.84. The second kappa shape index (κ2) is 11.2. The number of hydrogen-bond acceptors (Lipinski definition) is 3. The van der Waals surface area contributed by atoms with E-state index in [1.165, 1.54) is 5.56 Å². The lowest BCUT2D eigenvalue weighted by Crippen LogP contribution is -2.52. The zero-order chi connectivity index (χ0) is 24.1. The Balaban J connectivity index is 0.00000304. The lowest BCUT2D eigenvalue weighted by atomic mass is 9.76. The summed E-state index contributed by atoms with van der Waals surface area (Å²) in [6, 6.07) is 38.9. The molecule has 184 valence electrons. The molecule has 1 unspecified atom stereocenters. The largest absolute Gasteiger partial charge is 0.497 e. The van der Waals surface area contributed by atoms with Crippen molar-refractivity contribution in [1.82, 2.24) is 10.6 Å². The van der Waals surface area contributed by atoms with E-state index in [2.05, 4.69) is 59.2 Å². The van der Waals surface area contributed by atoms with Crippen LogP contribution in [0.3, 0.4) is 0 Å². The number of hydrogen-bond donors (Lipinski definition) is 2. The summed E-state index contributed by atoms with van der Waals surface area (Å²) in [5.41, 5.74) is 3.73. The van der Waals surface area contributed by atoms with Gasteiger partial charge in [-0.2, -0.15) is 0 Å². The smallest absolute Gasteiger partial charge is 0.237 e. The van der Waals surface area contributed by atoms with Crippen LogP contribution in [0.25, 0.3) is 0 Å². The Morgan fingerprint density at radius 3 is 1.81 bits per heavy atom. The van der Waals surface area contributed by atoms with Crippen molar-refractivity contribution < 1.29 is 9.53 Å². The number of nitrogens with one attached hydrogen (secondary N) is 2. The lowest BCUT2D eigenvalue weighted by molar-refractivity contribution is -0.121. The second-order valence-corrected chi connectivity index (χ2v) is 9.04. The van der Waals surface area contributed by atoms with Gasteiger partial charge in [-0.05, 0) is 47.2 Å². The van der Waals surface area contributed by atoms with E-state index in [1.54, 1.807) is 7.11 Å². The van der Waals surface area contributed by atoms with Gasteiger partial charge in [0.25, 0.3) is 0 Å². The van der Waals surface area contributed by atoms with Gasteiger partial charge in [0.15, 0.2) is 0 Å². The van der Waals surface area contributed by atoms with E-state index in [0.717, 1.165) is 28.9 Å². The highest BCUT2D eigenvalue weighted by Crippen LogP contribution is 2.38. The van der Waals surface area contributed by atoms with Gasteiger partial charge in [0, 0.05) is 6.04 Å². The monoisotopic (exact) mass is 478 g/mol. The SMILES string of the molecule is C.COc1ccc(C(NC2C[C@H](Cc3ccccc3)NC2=O)(c2ccccc2)c2ccccc2)cc1. The van der Waals surface area contributed by atoms with Gasteiger partial charge in [0.1, 0.15) is 5.75 Å². The van der Waals surface area contributed by atoms with E-state index in [1.807, 2.05) is 66.7 Å². The van der Waals surface area contributed by atoms with E-state index in [9.17, 15) is 4.79 Å². The molecule has 1 amide bonds. The summed E-state index contributed by atoms with van der Waals surface area (Å²) in [4.78, 5) is 13.3. The third-order valence-electron chi connectivity index (χ3n) is 6.84. The summed E-state index contributed by atoms with van der Waals surface area (Å²) in [5, 5.41) is 7.05. The maximum Gasteiger partial charge on any atom is 0.237 e. The molecule has 0 radical (unpaired) electrons. The molecule has 2 N–H and O–H groups in total. The Hall–Kier alpha value is -3.89. The Labute approximate surface area is 214 Å². The second-order valence-electron chi connectivity index (χ2n) is 9.04. The highest BCUT2D eigenvalue weighted by atomic mass is 16.5. The number of rotatable bonds is 8. The number of methoxy groups -OCH3 is 1. The highest BCUT2D eigenvalue weighted by molar-refractivity contribution is 5.85. The van der Waals surface area contributed by atoms with Gasteiger partial charge in [-0.15, -0.1) is 0 Å². The molecule has 1 aliphatic heterocycles. The van der Waals surface area contributed by atoms with Crippen molar-refractivity contribution >= 4 is 5.91 Å². The zero-order valence-electron chi connectivity index (χ0n) is 19.9. The predicted octanol–water partition coefficient (Wildman–Crippen LogP) is 5.71. The standard InChI is InChI=1S/C31H30N2O2.CH4/c1-35-28-19-17-26(18-20-28)31(24-13-7-3-8-14-24,25-15-9-4-10-16-25)33-29-22-27(32-30(29)34)21-23-11-5-2-6-12-23;/h2-20,27,29,33H,21-22H2,1H3,(H,32,34);1H4/t27-,29?;/m0./s1. The number of amides is 1. The van der Waals surface area contributed by atoms with Crippen LogP contribution < -0.4 is 15.4 Å². The number of carbonyl (C=O) groups is 1. The first kappa shape index (κ1) is 25.2. The molecule has 0 spiro atoms. The molecule has 5 rings (SSSR count). The van der Waals surface area contributed by atoms with Crippen LogP contribution in [-0.2, 0) is 16.8 Å². The van der Waals surface area contributed by atoms with Gasteiger partial charge in [0.2, 0.25) is 5.91 Å². The van der Waals surface area contributed by atoms with Crippen LogP contribution in [-0.4, -0.2) is 25.1 Å². The summed E-state index contributed by atoms with van der Waals surface area (Å²) < 4.78 is 5.43. The maximum atomic E-state index is 13.3. The van der Waals surface area contributed by atoms with Crippen molar-refractivity contribution in [2.75, 3.05) is 7.11 Å². The van der Waals surface area contributed by atoms with Crippen molar-refractivity contribution in [2.24, 2.45) is 0 Å². The molecular weight excluding hydrogens is 444 g/mol. The fourth-order valence-corrected chi connectivity index (χ4v) is 5.14. The van der Waals surface area contributed by atoms with E-state index in [4.69, 9.17) is 4.74 Å². The molecule has 4 aromatic rings. The third kappa shape index (κ3) is 5.05. The van der Waals surface area contributed by atoms with Crippen LogP contribution in [0.15, 0.2) is 115 Å². The zero-order valence-corrected chi connectivity index (χ0v) is 19.9. The van der Waals surface area contributed by atoms with Crippen LogP contribution >= 0.6 is 0 Å². The van der Waals surface area contributed by atoms with Crippen molar-refractivity contribution in [3.05, 3.63) is 138 Å². The van der Waals surface area contributed by atoms with Crippen LogP contribution in [0.4, 0.5) is 0 Å². The van der Waals surface area contributed by atoms with E-state index in [0.29, 0.717) is 6.42 Å². The molecule has 1 aliphatic rings. The molecule has 1 saturated heterocycles. The van der Waals surface area contributed by atoms with Crippen molar-refractivity contribution in [3.8, 4) is 5.75 Å². The molecule has 0 aliphatic carbocycles. The minimum Gasteiger partial charge on any atom is -0.497 e. The Kier molecular flexibility index (Phi) is 7.87. The van der Waals surface area contributed by atoms with E-state index >= 15 is 0 Å². The van der Waals surface area contributed by atoms with Gasteiger partial charge < -0.3 is 10.1 Å². The molecule has 36 heavy (non-hydrogen) atoms. The number of benzene rings is 4. The van der Waals surface area contributed by atoms with Gasteiger partial charge in [0.05, 0.1) is 18.7 Å². The Bertz CT molecular complexity index is 1200. The molecule has 2 atom stereocenters. The van der Waals surface area contributed by atoms with Gasteiger partial charge >= 0.3 is 0 Å². The molecule has 0 aromatic heterocycles. The van der Waals surface area contributed by atoms with Crippen molar-refractivity contribution in [2.45, 2.75) is 37.9 Å². The molecule has 1 fully saturated rings. The summed E-state index contributed by atoms with van der Waals surface area (Å²) in [6.07, 6.45) is 1.53. The Morgan fingerprint density at radius 2 is 1.28 bits per heavy atom. The molecule has 4 aromatic carbocycles. The van der Waals surface area contributed by atoms with Crippen LogP contribution in [0, 0.1) is 0 Å². The normalized spacial score (nSPS) is 17.2. The highest BCUT2D eigenvalue weighted by Gasteiger charge is 2.42. The number of ether oxygens (including phenoxy) is 1. The van der Waals surface area contributed by atoms with Crippen LogP contribution in [0.5, 0.6) is 5.75 Å². The average molecular weight is 479 g/mol. The van der Waals surface area contributed by atoms with E-state index in [-0.39, 0.29) is 25.4 Å². The quantitative estimate of drug-likeness (QED) is 0.319. The Morgan fingerprint density at radius 1 is 0.778 bits per heavy atom. The van der Waals surface area contributed by atoms with Crippen molar-refractivity contribution in [1.29, 1.82) is 0 Å². The fourth-order valence-electron chi connectivity index (χ4n) is 5.14. The lowest BCUT2D eigenvalue weighted by Gasteiger charge is -2.39. The summed E-state index contributed by atoms with van der Waals surface area (Å²) in [6.45, 7) is 0. The first-order valence-electron chi connectivity index (χ1n) is 12.1. The first-order valence-corrected chi connectivity index (χ1v) is 12.1. The van der Waals surface area contributed by atoms with Crippen molar-refractivity contribution in [3.63, 3.8) is 0 Å². The molecule has 0 saturated carbocycles. The minimum absolute atomic E-state index is 0. The van der Waals surface area contributed by atoms with E-state index < -0.39 is 5.54 Å². The average Bonchev–Trinajstić information content (AvgIpc) is 3.26. The minimum atomic E-state index is -0.710. The summed E-state index contributed by atoms with van der Waals surface area (Å²) >= 11 is 0. The predicted molar refractivity (Wildman–Crippen MR) is 146 cm³/mol. The van der Waals surface area contributed by atoms with Gasteiger partial charge in [-0.1, -0.05) is 111 Å². The molecule has 4 nitrogen and oxygen atoms in total. The topological polar surface area (TPSA) is 50.4 Å². The van der Waals surface area contributed by atoms with Gasteiger partial charge in [-0.25, -0.2) is 0 Å². The van der Waals surface area contributed by atoms with Gasteiger partial charge in [-0.3, -0.25) is 10.1 Å². The molecule has 0 bridgehead atoms. The molecular formula is C32H34N2O2. The number of carbonyl (C=O) groups excluding carboxylic acids is 1. The first-order chi connectivity index (χ1) is 17.2. The molecule has 1 heterocycles. The molecule has 4 heteroatoms.